The molecule has 19 heavy (non-hydrogen) atoms. The average Bonchev–Trinajstić information content (AvgIpc) is 2.41. The molecule has 0 fully saturated rings. The van der Waals surface area contributed by atoms with Crippen LogP contribution in [-0.4, -0.2) is 43.4 Å². The highest BCUT2D eigenvalue weighted by molar-refractivity contribution is 5.80. The van der Waals surface area contributed by atoms with Crippen molar-refractivity contribution in [2.75, 3.05) is 20.2 Å². The minimum absolute atomic E-state index is 0.105. The number of carbonyl (C=O) groups is 1. The van der Waals surface area contributed by atoms with Crippen LogP contribution >= 0.6 is 0 Å². The van der Waals surface area contributed by atoms with E-state index in [0.717, 1.165) is 11.3 Å². The molecule has 5 nitrogen and oxygen atoms in total. The molecular formula is C14H22N2O3. The average molecular weight is 266 g/mol. The maximum atomic E-state index is 11.3. The zero-order valence-corrected chi connectivity index (χ0v) is 11.6. The highest BCUT2D eigenvalue weighted by atomic mass is 16.5. The van der Waals surface area contributed by atoms with E-state index in [-0.39, 0.29) is 18.6 Å². The number of amides is 1. The zero-order valence-electron chi connectivity index (χ0n) is 11.6. The Morgan fingerprint density at radius 3 is 2.84 bits per heavy atom. The number of rotatable bonds is 7. The Hall–Kier alpha value is -1.59. The first-order chi connectivity index (χ1) is 9.02. The summed E-state index contributed by atoms with van der Waals surface area (Å²) in [5.41, 5.74) is 1.11. The molecule has 1 amide bonds. The summed E-state index contributed by atoms with van der Waals surface area (Å²) in [5, 5.41) is 15.2. The van der Waals surface area contributed by atoms with E-state index >= 15 is 0 Å². The second-order valence-corrected chi connectivity index (χ2v) is 4.53. The molecule has 0 saturated carbocycles. The van der Waals surface area contributed by atoms with Gasteiger partial charge in [0.2, 0.25) is 5.91 Å². The van der Waals surface area contributed by atoms with Crippen LogP contribution in [-0.2, 0) is 4.79 Å². The highest BCUT2D eigenvalue weighted by Crippen LogP contribution is 2.12. The van der Waals surface area contributed by atoms with E-state index in [9.17, 15) is 9.90 Å². The molecule has 0 aliphatic rings. The Morgan fingerprint density at radius 1 is 1.47 bits per heavy atom. The van der Waals surface area contributed by atoms with Crippen molar-refractivity contribution in [2.24, 2.45) is 0 Å². The molecule has 0 aromatic heterocycles. The van der Waals surface area contributed by atoms with Crippen LogP contribution in [0.2, 0.25) is 0 Å². The first kappa shape index (κ1) is 15.5. The Balaban J connectivity index is 2.28. The van der Waals surface area contributed by atoms with E-state index < -0.39 is 6.10 Å². The van der Waals surface area contributed by atoms with Crippen molar-refractivity contribution in [3.05, 3.63) is 29.8 Å². The standard InChI is InChI=1S/C14H22N2O3/c1-10-5-4-6-13(7-10)19-9-12(17)8-16-11(2)14(18)15-3/h4-7,11-12,16-17H,8-9H2,1-3H3,(H,15,18). The second kappa shape index (κ2) is 7.76. The second-order valence-electron chi connectivity index (χ2n) is 4.53. The van der Waals surface area contributed by atoms with Crippen LogP contribution in [0.5, 0.6) is 5.75 Å². The van der Waals surface area contributed by atoms with E-state index in [4.69, 9.17) is 4.74 Å². The largest absolute Gasteiger partial charge is 0.491 e. The van der Waals surface area contributed by atoms with Gasteiger partial charge in [-0.25, -0.2) is 0 Å². The molecule has 0 heterocycles. The molecule has 0 radical (unpaired) electrons. The lowest BCUT2D eigenvalue weighted by atomic mass is 10.2. The third kappa shape index (κ3) is 5.72. The fraction of sp³-hybridized carbons (Fsp3) is 0.500. The quantitative estimate of drug-likeness (QED) is 0.670. The van der Waals surface area contributed by atoms with Gasteiger partial charge in [0.1, 0.15) is 18.5 Å². The van der Waals surface area contributed by atoms with Crippen LogP contribution in [0.15, 0.2) is 24.3 Å². The monoisotopic (exact) mass is 266 g/mol. The molecular weight excluding hydrogens is 244 g/mol. The first-order valence-electron chi connectivity index (χ1n) is 6.35. The van der Waals surface area contributed by atoms with Crippen molar-refractivity contribution in [3.8, 4) is 5.75 Å². The van der Waals surface area contributed by atoms with Gasteiger partial charge in [-0.1, -0.05) is 12.1 Å². The normalized spacial score (nSPS) is 13.7. The summed E-state index contributed by atoms with van der Waals surface area (Å²) in [4.78, 5) is 11.3. The van der Waals surface area contributed by atoms with Crippen LogP contribution in [0.3, 0.4) is 0 Å². The van der Waals surface area contributed by atoms with Gasteiger partial charge < -0.3 is 20.5 Å². The molecule has 0 aliphatic heterocycles. The van der Waals surface area contributed by atoms with E-state index in [2.05, 4.69) is 10.6 Å². The van der Waals surface area contributed by atoms with E-state index in [0.29, 0.717) is 6.54 Å². The van der Waals surface area contributed by atoms with Crippen molar-refractivity contribution in [1.29, 1.82) is 0 Å². The number of carbonyl (C=O) groups excluding carboxylic acids is 1. The molecule has 0 aliphatic carbocycles. The van der Waals surface area contributed by atoms with Crippen molar-refractivity contribution in [1.82, 2.24) is 10.6 Å². The van der Waals surface area contributed by atoms with E-state index in [1.807, 2.05) is 31.2 Å². The molecule has 0 saturated heterocycles. The molecule has 1 aromatic carbocycles. The lowest BCUT2D eigenvalue weighted by Gasteiger charge is -2.16. The number of nitrogens with one attached hydrogen (secondary N) is 2. The third-order valence-electron chi connectivity index (χ3n) is 2.73. The van der Waals surface area contributed by atoms with Crippen LogP contribution in [0.1, 0.15) is 12.5 Å². The Labute approximate surface area is 114 Å². The van der Waals surface area contributed by atoms with Gasteiger partial charge in [0, 0.05) is 13.6 Å². The molecule has 0 bridgehead atoms. The molecule has 0 spiro atoms. The molecule has 1 rings (SSSR count). The van der Waals surface area contributed by atoms with Gasteiger partial charge in [0.25, 0.3) is 0 Å². The zero-order chi connectivity index (χ0) is 14.3. The Morgan fingerprint density at radius 2 is 2.21 bits per heavy atom. The lowest BCUT2D eigenvalue weighted by molar-refractivity contribution is -0.122. The number of hydrogen-bond donors (Lipinski definition) is 3. The smallest absolute Gasteiger partial charge is 0.236 e. The van der Waals surface area contributed by atoms with E-state index in [1.165, 1.54) is 0 Å². The van der Waals surface area contributed by atoms with Gasteiger partial charge >= 0.3 is 0 Å². The lowest BCUT2D eigenvalue weighted by Crippen LogP contribution is -2.44. The van der Waals surface area contributed by atoms with E-state index in [1.54, 1.807) is 14.0 Å². The summed E-state index contributed by atoms with van der Waals surface area (Å²) in [6.45, 7) is 4.22. The van der Waals surface area contributed by atoms with Crippen molar-refractivity contribution >= 4 is 5.91 Å². The Bertz CT molecular complexity index is 409. The van der Waals surface area contributed by atoms with Gasteiger partial charge in [0.05, 0.1) is 6.04 Å². The van der Waals surface area contributed by atoms with Gasteiger partial charge in [-0.15, -0.1) is 0 Å². The molecule has 2 unspecified atom stereocenters. The first-order valence-corrected chi connectivity index (χ1v) is 6.35. The predicted molar refractivity (Wildman–Crippen MR) is 74.2 cm³/mol. The molecule has 2 atom stereocenters. The third-order valence-corrected chi connectivity index (χ3v) is 2.73. The molecule has 5 heteroatoms. The number of aliphatic hydroxyl groups is 1. The van der Waals surface area contributed by atoms with Crippen molar-refractivity contribution in [2.45, 2.75) is 26.0 Å². The number of benzene rings is 1. The predicted octanol–water partition coefficient (Wildman–Crippen LogP) is 0.459. The fourth-order valence-electron chi connectivity index (χ4n) is 1.58. The molecule has 106 valence electrons. The SMILES string of the molecule is CNC(=O)C(C)NCC(O)COc1cccc(C)c1. The minimum Gasteiger partial charge on any atom is -0.491 e. The van der Waals surface area contributed by atoms with Crippen LogP contribution in [0.25, 0.3) is 0 Å². The summed E-state index contributed by atoms with van der Waals surface area (Å²) >= 11 is 0. The highest BCUT2D eigenvalue weighted by Gasteiger charge is 2.12. The van der Waals surface area contributed by atoms with Gasteiger partial charge in [-0.05, 0) is 31.5 Å². The Kier molecular flexibility index (Phi) is 6.32. The van der Waals surface area contributed by atoms with Crippen molar-refractivity contribution in [3.63, 3.8) is 0 Å². The van der Waals surface area contributed by atoms with Crippen LogP contribution in [0, 0.1) is 6.92 Å². The number of hydrogen-bond acceptors (Lipinski definition) is 4. The molecule has 3 N–H and O–H groups in total. The summed E-state index contributed by atoms with van der Waals surface area (Å²) in [6, 6.07) is 7.31. The maximum absolute atomic E-state index is 11.3. The van der Waals surface area contributed by atoms with Crippen LogP contribution in [0.4, 0.5) is 0 Å². The summed E-state index contributed by atoms with van der Waals surface area (Å²) in [7, 11) is 1.58. The minimum atomic E-state index is -0.660. The van der Waals surface area contributed by atoms with Gasteiger partial charge in [-0.2, -0.15) is 0 Å². The van der Waals surface area contributed by atoms with Gasteiger partial charge in [-0.3, -0.25) is 4.79 Å². The van der Waals surface area contributed by atoms with Crippen LogP contribution < -0.4 is 15.4 Å². The number of likely N-dealkylation sites (N-methyl/N-ethyl adjacent to an activating group) is 1. The molecule has 1 aromatic rings. The number of ether oxygens (including phenoxy) is 1. The fourth-order valence-corrected chi connectivity index (χ4v) is 1.58. The number of aryl methyl sites for hydroxylation is 1. The summed E-state index contributed by atoms with van der Waals surface area (Å²) in [6.07, 6.45) is -0.660. The number of aliphatic hydroxyl groups excluding tert-OH is 1. The maximum Gasteiger partial charge on any atom is 0.236 e. The van der Waals surface area contributed by atoms with Gasteiger partial charge in [0.15, 0.2) is 0 Å². The van der Waals surface area contributed by atoms with Crippen molar-refractivity contribution < 1.29 is 14.6 Å². The topological polar surface area (TPSA) is 70.6 Å². The summed E-state index contributed by atoms with van der Waals surface area (Å²) in [5.74, 6) is 0.630. The summed E-state index contributed by atoms with van der Waals surface area (Å²) < 4.78 is 5.48.